The Kier molecular flexibility index (Phi) is 2.42. The van der Waals surface area contributed by atoms with Crippen LogP contribution < -0.4 is 0 Å². The van der Waals surface area contributed by atoms with E-state index in [1.54, 1.807) is 0 Å². The van der Waals surface area contributed by atoms with Crippen LogP contribution in [0.3, 0.4) is 0 Å². The topological polar surface area (TPSA) is 77.8 Å². The van der Waals surface area contributed by atoms with Crippen molar-refractivity contribution >= 4 is 21.9 Å². The predicted molar refractivity (Wildman–Crippen MR) is 44.4 cm³/mol. The summed E-state index contributed by atoms with van der Waals surface area (Å²) in [6.45, 7) is 0. The summed E-state index contributed by atoms with van der Waals surface area (Å²) in [4.78, 5) is 10.4. The van der Waals surface area contributed by atoms with Gasteiger partial charge in [0.05, 0.1) is 0 Å². The van der Waals surface area contributed by atoms with Gasteiger partial charge in [-0.25, -0.2) is 9.18 Å². The summed E-state index contributed by atoms with van der Waals surface area (Å²) in [5.41, 5.74) is -0.609. The highest BCUT2D eigenvalue weighted by Crippen LogP contribution is 2.37. The Morgan fingerprint density at radius 3 is 2.38 bits per heavy atom. The summed E-state index contributed by atoms with van der Waals surface area (Å²) in [5, 5.41) is 26.5. The number of hydrogen-bond acceptors (Lipinski definition) is 3. The molecule has 0 amide bonds. The van der Waals surface area contributed by atoms with Gasteiger partial charge >= 0.3 is 5.97 Å². The van der Waals surface area contributed by atoms with Gasteiger partial charge in [-0.1, -0.05) is 0 Å². The van der Waals surface area contributed by atoms with Gasteiger partial charge in [0.2, 0.25) is 0 Å². The molecular weight excluding hydrogens is 247 g/mol. The molecule has 6 heteroatoms. The van der Waals surface area contributed by atoms with E-state index in [1.807, 2.05) is 0 Å². The van der Waals surface area contributed by atoms with Gasteiger partial charge in [-0.05, 0) is 22.0 Å². The number of phenols is 2. The molecule has 1 aromatic rings. The summed E-state index contributed by atoms with van der Waals surface area (Å²) < 4.78 is 12.4. The standard InChI is InChI=1S/C7H4BrFO4/c8-4-5(10)2(7(12)13)1-3(9)6(4)11/h1,10-11H,(H,12,13). The largest absolute Gasteiger partial charge is 0.506 e. The molecule has 0 aliphatic rings. The maximum atomic E-state index is 12.7. The predicted octanol–water partition coefficient (Wildman–Crippen LogP) is 1.70. The van der Waals surface area contributed by atoms with Crippen LogP contribution in [0.25, 0.3) is 0 Å². The summed E-state index contributed by atoms with van der Waals surface area (Å²) in [7, 11) is 0. The Morgan fingerprint density at radius 1 is 1.38 bits per heavy atom. The quantitative estimate of drug-likeness (QED) is 0.709. The highest BCUT2D eigenvalue weighted by atomic mass is 79.9. The molecule has 3 N–H and O–H groups in total. The molecule has 0 fully saturated rings. The van der Waals surface area contributed by atoms with Crippen molar-refractivity contribution in [1.29, 1.82) is 0 Å². The molecule has 0 aliphatic carbocycles. The van der Waals surface area contributed by atoms with Crippen LogP contribution in [0.5, 0.6) is 11.5 Å². The summed E-state index contributed by atoms with van der Waals surface area (Å²) in [6, 6.07) is 0.539. The van der Waals surface area contributed by atoms with Gasteiger partial charge in [-0.3, -0.25) is 0 Å². The maximum absolute atomic E-state index is 12.7. The van der Waals surface area contributed by atoms with Crippen LogP contribution in [-0.4, -0.2) is 21.3 Å². The minimum atomic E-state index is -1.47. The van der Waals surface area contributed by atoms with Crippen molar-refractivity contribution in [2.24, 2.45) is 0 Å². The van der Waals surface area contributed by atoms with Gasteiger partial charge in [0.15, 0.2) is 11.6 Å². The third kappa shape index (κ3) is 1.57. The van der Waals surface area contributed by atoms with Gasteiger partial charge in [0.1, 0.15) is 15.8 Å². The average molecular weight is 251 g/mol. The number of aromatic hydroxyl groups is 2. The number of hydrogen-bond donors (Lipinski definition) is 3. The molecule has 4 nitrogen and oxygen atoms in total. The molecule has 0 unspecified atom stereocenters. The summed E-state index contributed by atoms with van der Waals surface area (Å²) in [6.07, 6.45) is 0. The molecule has 1 rings (SSSR count). The summed E-state index contributed by atoms with van der Waals surface area (Å²) >= 11 is 2.65. The van der Waals surface area contributed by atoms with Crippen LogP contribution in [0, 0.1) is 5.82 Å². The van der Waals surface area contributed by atoms with E-state index < -0.39 is 28.8 Å². The highest BCUT2D eigenvalue weighted by Gasteiger charge is 2.19. The van der Waals surface area contributed by atoms with Gasteiger partial charge in [-0.2, -0.15) is 0 Å². The number of aromatic carboxylic acids is 1. The van der Waals surface area contributed by atoms with Crippen LogP contribution in [0.2, 0.25) is 0 Å². The fraction of sp³-hybridized carbons (Fsp3) is 0. The molecule has 0 aromatic heterocycles. The molecule has 0 spiro atoms. The number of carboxylic acid groups (broad SMARTS) is 1. The van der Waals surface area contributed by atoms with E-state index >= 15 is 0 Å². The van der Waals surface area contributed by atoms with Crippen molar-refractivity contribution in [3.63, 3.8) is 0 Å². The van der Waals surface area contributed by atoms with Crippen molar-refractivity contribution in [3.05, 3.63) is 21.9 Å². The molecule has 1 aromatic carbocycles. The first kappa shape index (κ1) is 9.79. The zero-order valence-electron chi connectivity index (χ0n) is 6.08. The first-order chi connectivity index (χ1) is 5.95. The van der Waals surface area contributed by atoms with E-state index in [9.17, 15) is 9.18 Å². The summed E-state index contributed by atoms with van der Waals surface area (Å²) in [5.74, 6) is -4.10. The maximum Gasteiger partial charge on any atom is 0.339 e. The number of carbonyl (C=O) groups is 1. The van der Waals surface area contributed by atoms with Crippen LogP contribution in [0.15, 0.2) is 10.5 Å². The van der Waals surface area contributed by atoms with E-state index in [1.165, 1.54) is 0 Å². The van der Waals surface area contributed by atoms with E-state index in [2.05, 4.69) is 15.9 Å². The first-order valence-corrected chi connectivity index (χ1v) is 3.87. The molecule has 0 bridgehead atoms. The zero-order valence-corrected chi connectivity index (χ0v) is 7.67. The lowest BCUT2D eigenvalue weighted by Gasteiger charge is -2.04. The smallest absolute Gasteiger partial charge is 0.339 e. The Labute approximate surface area is 80.4 Å². The second kappa shape index (κ2) is 3.21. The molecule has 0 atom stereocenters. The van der Waals surface area contributed by atoms with E-state index in [4.69, 9.17) is 15.3 Å². The molecule has 0 heterocycles. The highest BCUT2D eigenvalue weighted by molar-refractivity contribution is 9.10. The number of halogens is 2. The Morgan fingerprint density at radius 2 is 1.92 bits per heavy atom. The van der Waals surface area contributed by atoms with Gasteiger partial charge in [-0.15, -0.1) is 0 Å². The van der Waals surface area contributed by atoms with Crippen LogP contribution in [0.1, 0.15) is 10.4 Å². The first-order valence-electron chi connectivity index (χ1n) is 3.08. The third-order valence-corrected chi connectivity index (χ3v) is 2.15. The van der Waals surface area contributed by atoms with Crippen LogP contribution in [0.4, 0.5) is 4.39 Å². The second-order valence-corrected chi connectivity index (χ2v) is 3.02. The molecule has 0 saturated carbocycles. The van der Waals surface area contributed by atoms with E-state index in [0.29, 0.717) is 6.07 Å². The Hall–Kier alpha value is -1.30. The van der Waals surface area contributed by atoms with Crippen molar-refractivity contribution in [2.45, 2.75) is 0 Å². The Balaban J connectivity index is 3.50. The van der Waals surface area contributed by atoms with E-state index in [0.717, 1.165) is 0 Å². The lowest BCUT2D eigenvalue weighted by atomic mass is 10.2. The zero-order chi connectivity index (χ0) is 10.2. The minimum absolute atomic E-state index is 0.370. The van der Waals surface area contributed by atoms with E-state index in [-0.39, 0.29) is 4.47 Å². The lowest BCUT2D eigenvalue weighted by molar-refractivity contribution is 0.0693. The van der Waals surface area contributed by atoms with Gasteiger partial charge in [0, 0.05) is 0 Å². The average Bonchev–Trinajstić information content (AvgIpc) is 2.07. The molecular formula is C7H4BrFO4. The molecule has 0 aliphatic heterocycles. The van der Waals surface area contributed by atoms with Crippen LogP contribution in [-0.2, 0) is 0 Å². The minimum Gasteiger partial charge on any atom is -0.506 e. The second-order valence-electron chi connectivity index (χ2n) is 2.22. The lowest BCUT2D eigenvalue weighted by Crippen LogP contribution is -1.98. The molecule has 70 valence electrons. The van der Waals surface area contributed by atoms with Crippen molar-refractivity contribution < 1.29 is 24.5 Å². The molecule has 0 saturated heterocycles. The SMILES string of the molecule is O=C(O)c1cc(F)c(O)c(Br)c1O. The fourth-order valence-corrected chi connectivity index (χ4v) is 1.16. The van der Waals surface area contributed by atoms with Crippen molar-refractivity contribution in [3.8, 4) is 11.5 Å². The van der Waals surface area contributed by atoms with Gasteiger partial charge < -0.3 is 15.3 Å². The number of rotatable bonds is 1. The normalized spacial score (nSPS) is 10.0. The molecule has 13 heavy (non-hydrogen) atoms. The van der Waals surface area contributed by atoms with Crippen molar-refractivity contribution in [2.75, 3.05) is 0 Å². The Bertz CT molecular complexity index is 377. The van der Waals surface area contributed by atoms with Crippen molar-refractivity contribution in [1.82, 2.24) is 0 Å². The van der Waals surface area contributed by atoms with Crippen LogP contribution >= 0.6 is 15.9 Å². The molecule has 0 radical (unpaired) electrons. The number of benzene rings is 1. The number of phenolic OH excluding ortho intramolecular Hbond substituents is 1. The monoisotopic (exact) mass is 250 g/mol. The third-order valence-electron chi connectivity index (χ3n) is 1.40. The fourth-order valence-electron chi connectivity index (χ4n) is 0.762. The number of carboxylic acids is 1. The van der Waals surface area contributed by atoms with Gasteiger partial charge in [0.25, 0.3) is 0 Å².